The molecule has 0 bridgehead atoms. The molecule has 1 heterocycles. The highest BCUT2D eigenvalue weighted by Gasteiger charge is 2.26. The van der Waals surface area contributed by atoms with E-state index in [1.807, 2.05) is 39.2 Å². The second-order valence-corrected chi connectivity index (χ2v) is 5.20. The summed E-state index contributed by atoms with van der Waals surface area (Å²) in [6, 6.07) is 7.30. The first kappa shape index (κ1) is 15.7. The van der Waals surface area contributed by atoms with Gasteiger partial charge in [-0.05, 0) is 32.2 Å². The van der Waals surface area contributed by atoms with E-state index in [4.69, 9.17) is 21.1 Å². The standard InChI is InChI=1S/C15H20ClN3O2/c1-10(21-12-7-5-6-11(16)8-12)14(17-2)15-13(20-4)9-18-19(15)3/h5-10,14,17H,1-4H3. The summed E-state index contributed by atoms with van der Waals surface area (Å²) in [6.45, 7) is 1.99. The summed E-state index contributed by atoms with van der Waals surface area (Å²) in [7, 11) is 5.40. The van der Waals surface area contributed by atoms with Crippen molar-refractivity contribution in [1.29, 1.82) is 0 Å². The number of nitrogens with one attached hydrogen (secondary N) is 1. The van der Waals surface area contributed by atoms with Crippen LogP contribution < -0.4 is 14.8 Å². The normalized spacial score (nSPS) is 13.8. The van der Waals surface area contributed by atoms with Crippen molar-refractivity contribution in [3.05, 3.63) is 41.2 Å². The quantitative estimate of drug-likeness (QED) is 0.891. The van der Waals surface area contributed by atoms with Gasteiger partial charge in [0, 0.05) is 12.1 Å². The van der Waals surface area contributed by atoms with Crippen LogP contribution in [0.15, 0.2) is 30.5 Å². The largest absolute Gasteiger partial charge is 0.493 e. The smallest absolute Gasteiger partial charge is 0.161 e. The van der Waals surface area contributed by atoms with Crippen molar-refractivity contribution in [3.8, 4) is 11.5 Å². The summed E-state index contributed by atoms with van der Waals surface area (Å²) in [5, 5.41) is 8.14. The summed E-state index contributed by atoms with van der Waals surface area (Å²) in [5.74, 6) is 1.47. The second-order valence-electron chi connectivity index (χ2n) is 4.77. The number of ether oxygens (including phenoxy) is 2. The number of hydrogen-bond acceptors (Lipinski definition) is 4. The van der Waals surface area contributed by atoms with Crippen molar-refractivity contribution in [2.45, 2.75) is 19.1 Å². The third kappa shape index (κ3) is 3.49. The fourth-order valence-electron chi connectivity index (χ4n) is 2.36. The molecule has 0 aliphatic carbocycles. The molecule has 2 unspecified atom stereocenters. The highest BCUT2D eigenvalue weighted by atomic mass is 35.5. The molecule has 6 heteroatoms. The van der Waals surface area contributed by atoms with Gasteiger partial charge in [0.2, 0.25) is 0 Å². The summed E-state index contributed by atoms with van der Waals surface area (Å²) >= 11 is 5.98. The van der Waals surface area contributed by atoms with Crippen LogP contribution in [-0.2, 0) is 7.05 Å². The summed E-state index contributed by atoms with van der Waals surface area (Å²) in [4.78, 5) is 0. The molecule has 21 heavy (non-hydrogen) atoms. The molecule has 1 aromatic heterocycles. The number of rotatable bonds is 6. The molecule has 0 saturated carbocycles. The molecule has 0 fully saturated rings. The van der Waals surface area contributed by atoms with E-state index < -0.39 is 0 Å². The van der Waals surface area contributed by atoms with Crippen LogP contribution in [0.3, 0.4) is 0 Å². The highest BCUT2D eigenvalue weighted by molar-refractivity contribution is 6.30. The number of likely N-dealkylation sites (N-methyl/N-ethyl adjacent to an activating group) is 1. The fraction of sp³-hybridized carbons (Fsp3) is 0.400. The zero-order valence-corrected chi connectivity index (χ0v) is 13.4. The minimum Gasteiger partial charge on any atom is -0.493 e. The van der Waals surface area contributed by atoms with E-state index >= 15 is 0 Å². The fourth-order valence-corrected chi connectivity index (χ4v) is 2.54. The van der Waals surface area contributed by atoms with Gasteiger partial charge in [-0.3, -0.25) is 4.68 Å². The van der Waals surface area contributed by atoms with Crippen LogP contribution in [0.4, 0.5) is 0 Å². The van der Waals surface area contributed by atoms with Gasteiger partial charge in [-0.1, -0.05) is 17.7 Å². The lowest BCUT2D eigenvalue weighted by molar-refractivity contribution is 0.169. The van der Waals surface area contributed by atoms with Gasteiger partial charge in [-0.25, -0.2) is 0 Å². The lowest BCUT2D eigenvalue weighted by Gasteiger charge is -2.25. The number of benzene rings is 1. The van der Waals surface area contributed by atoms with Crippen molar-refractivity contribution >= 4 is 11.6 Å². The van der Waals surface area contributed by atoms with Crippen LogP contribution in [0.5, 0.6) is 11.5 Å². The van der Waals surface area contributed by atoms with E-state index in [9.17, 15) is 0 Å². The molecule has 0 aliphatic rings. The SMILES string of the molecule is CNC(c1c(OC)cnn1C)C(C)Oc1cccc(Cl)c1. The van der Waals surface area contributed by atoms with Crippen molar-refractivity contribution < 1.29 is 9.47 Å². The number of nitrogens with zero attached hydrogens (tertiary/aromatic N) is 2. The van der Waals surface area contributed by atoms with Crippen LogP contribution in [-0.4, -0.2) is 30.0 Å². The van der Waals surface area contributed by atoms with E-state index in [0.717, 1.165) is 17.2 Å². The Bertz CT molecular complexity index is 600. The van der Waals surface area contributed by atoms with E-state index in [0.29, 0.717) is 5.02 Å². The second kappa shape index (κ2) is 6.83. The van der Waals surface area contributed by atoms with Crippen molar-refractivity contribution in [1.82, 2.24) is 15.1 Å². The van der Waals surface area contributed by atoms with Crippen LogP contribution in [0, 0.1) is 0 Å². The number of aromatic nitrogens is 2. The summed E-state index contributed by atoms with van der Waals surface area (Å²) in [6.07, 6.45) is 1.57. The molecular weight excluding hydrogens is 290 g/mol. The average molecular weight is 310 g/mol. The first-order chi connectivity index (χ1) is 10.1. The molecule has 2 aromatic rings. The maximum Gasteiger partial charge on any atom is 0.161 e. The molecule has 0 amide bonds. The molecule has 5 nitrogen and oxygen atoms in total. The minimum absolute atomic E-state index is 0.0635. The Labute approximate surface area is 129 Å². The van der Waals surface area contributed by atoms with Gasteiger partial charge >= 0.3 is 0 Å². The lowest BCUT2D eigenvalue weighted by atomic mass is 10.1. The molecule has 0 spiro atoms. The molecule has 2 atom stereocenters. The van der Waals surface area contributed by atoms with Gasteiger partial charge in [0.25, 0.3) is 0 Å². The Balaban J connectivity index is 2.22. The molecular formula is C15H20ClN3O2. The van der Waals surface area contributed by atoms with Gasteiger partial charge < -0.3 is 14.8 Å². The van der Waals surface area contributed by atoms with E-state index in [1.165, 1.54) is 0 Å². The molecule has 1 N–H and O–H groups in total. The van der Waals surface area contributed by atoms with Crippen LogP contribution in [0.1, 0.15) is 18.7 Å². The Kier molecular flexibility index (Phi) is 5.09. The number of methoxy groups -OCH3 is 1. The van der Waals surface area contributed by atoms with E-state index in [2.05, 4.69) is 10.4 Å². The predicted molar refractivity (Wildman–Crippen MR) is 83.1 cm³/mol. The van der Waals surface area contributed by atoms with Crippen molar-refractivity contribution in [2.24, 2.45) is 7.05 Å². The molecule has 0 aliphatic heterocycles. The minimum atomic E-state index is -0.127. The van der Waals surface area contributed by atoms with E-state index in [-0.39, 0.29) is 12.1 Å². The lowest BCUT2D eigenvalue weighted by Crippen LogP contribution is -2.33. The molecule has 0 saturated heterocycles. The van der Waals surface area contributed by atoms with Crippen molar-refractivity contribution in [3.63, 3.8) is 0 Å². The molecule has 114 valence electrons. The zero-order chi connectivity index (χ0) is 15.4. The zero-order valence-electron chi connectivity index (χ0n) is 12.6. The molecule has 2 rings (SSSR count). The Morgan fingerprint density at radius 1 is 1.38 bits per heavy atom. The third-order valence-corrected chi connectivity index (χ3v) is 3.60. The van der Waals surface area contributed by atoms with Gasteiger partial charge in [0.05, 0.1) is 19.3 Å². The van der Waals surface area contributed by atoms with Crippen LogP contribution in [0.25, 0.3) is 0 Å². The van der Waals surface area contributed by atoms with Crippen molar-refractivity contribution in [2.75, 3.05) is 14.2 Å². The third-order valence-electron chi connectivity index (χ3n) is 3.36. The number of aryl methyl sites for hydroxylation is 1. The predicted octanol–water partition coefficient (Wildman–Crippen LogP) is 2.81. The Morgan fingerprint density at radius 2 is 2.14 bits per heavy atom. The van der Waals surface area contributed by atoms with Gasteiger partial charge in [0.1, 0.15) is 17.5 Å². The summed E-state index contributed by atoms with van der Waals surface area (Å²) < 4.78 is 13.1. The highest BCUT2D eigenvalue weighted by Crippen LogP contribution is 2.29. The molecule has 1 aromatic carbocycles. The average Bonchev–Trinajstić information content (AvgIpc) is 2.81. The number of hydrogen-bond donors (Lipinski definition) is 1. The first-order valence-corrected chi connectivity index (χ1v) is 7.10. The first-order valence-electron chi connectivity index (χ1n) is 6.72. The van der Waals surface area contributed by atoms with Gasteiger partial charge in [0.15, 0.2) is 5.75 Å². The van der Waals surface area contributed by atoms with Crippen LogP contribution in [0.2, 0.25) is 5.02 Å². The Morgan fingerprint density at radius 3 is 2.76 bits per heavy atom. The van der Waals surface area contributed by atoms with Crippen LogP contribution >= 0.6 is 11.6 Å². The topological polar surface area (TPSA) is 48.3 Å². The van der Waals surface area contributed by atoms with E-state index in [1.54, 1.807) is 24.1 Å². The molecule has 0 radical (unpaired) electrons. The summed E-state index contributed by atoms with van der Waals surface area (Å²) in [5.41, 5.74) is 0.939. The monoisotopic (exact) mass is 309 g/mol. The maximum absolute atomic E-state index is 5.98. The maximum atomic E-state index is 5.98. The van der Waals surface area contributed by atoms with Gasteiger partial charge in [-0.2, -0.15) is 5.10 Å². The number of halogens is 1. The van der Waals surface area contributed by atoms with Gasteiger partial charge in [-0.15, -0.1) is 0 Å². The Hall–Kier alpha value is -1.72.